The van der Waals surface area contributed by atoms with E-state index in [1.165, 1.54) is 30.4 Å². The molecule has 0 aromatic heterocycles. The van der Waals surface area contributed by atoms with E-state index in [0.717, 1.165) is 12.8 Å². The lowest BCUT2D eigenvalue weighted by atomic mass is 9.86. The number of benzene rings is 1. The molecule has 98 valence electrons. The van der Waals surface area contributed by atoms with Crippen LogP contribution in [0.25, 0.3) is 0 Å². The third kappa shape index (κ3) is 2.07. The molecule has 0 bridgehead atoms. The standard InChI is InChI=1S/C16H22FN/c1-16(2)9-3-4-15(16)18-14-8-5-11-10-12(17)6-7-13(11)14/h6-7,10,14-15,18H,3-5,8-9H2,1-2H3. The van der Waals surface area contributed by atoms with E-state index >= 15 is 0 Å². The Morgan fingerprint density at radius 2 is 2.11 bits per heavy atom. The Hall–Kier alpha value is -0.890. The summed E-state index contributed by atoms with van der Waals surface area (Å²) >= 11 is 0. The zero-order valence-electron chi connectivity index (χ0n) is 11.3. The Balaban J connectivity index is 1.77. The van der Waals surface area contributed by atoms with Crippen molar-refractivity contribution in [2.75, 3.05) is 0 Å². The van der Waals surface area contributed by atoms with E-state index in [0.29, 0.717) is 17.5 Å². The van der Waals surface area contributed by atoms with Crippen LogP contribution >= 0.6 is 0 Å². The number of fused-ring (bicyclic) bond motifs is 1. The van der Waals surface area contributed by atoms with Crippen molar-refractivity contribution in [3.8, 4) is 0 Å². The van der Waals surface area contributed by atoms with Gasteiger partial charge in [0.2, 0.25) is 0 Å². The van der Waals surface area contributed by atoms with Gasteiger partial charge in [0.05, 0.1) is 0 Å². The Kier molecular flexibility index (Phi) is 2.93. The predicted molar refractivity (Wildman–Crippen MR) is 72.0 cm³/mol. The van der Waals surface area contributed by atoms with E-state index in [-0.39, 0.29) is 5.82 Å². The number of aryl methyl sites for hydroxylation is 1. The summed E-state index contributed by atoms with van der Waals surface area (Å²) in [5.41, 5.74) is 2.92. The molecule has 3 rings (SSSR count). The van der Waals surface area contributed by atoms with Gasteiger partial charge in [0.25, 0.3) is 0 Å². The van der Waals surface area contributed by atoms with E-state index in [1.807, 2.05) is 6.07 Å². The van der Waals surface area contributed by atoms with Gasteiger partial charge in [-0.3, -0.25) is 0 Å². The molecule has 0 amide bonds. The van der Waals surface area contributed by atoms with Crippen molar-refractivity contribution in [1.29, 1.82) is 0 Å². The summed E-state index contributed by atoms with van der Waals surface area (Å²) in [6, 6.07) is 6.31. The van der Waals surface area contributed by atoms with Crippen molar-refractivity contribution in [2.45, 2.75) is 58.0 Å². The van der Waals surface area contributed by atoms with Crippen LogP contribution in [-0.2, 0) is 6.42 Å². The van der Waals surface area contributed by atoms with Gasteiger partial charge in [-0.1, -0.05) is 26.3 Å². The van der Waals surface area contributed by atoms with Crippen molar-refractivity contribution in [3.63, 3.8) is 0 Å². The number of halogens is 1. The molecule has 1 saturated carbocycles. The van der Waals surface area contributed by atoms with Crippen molar-refractivity contribution in [3.05, 3.63) is 35.1 Å². The Morgan fingerprint density at radius 1 is 1.28 bits per heavy atom. The topological polar surface area (TPSA) is 12.0 Å². The maximum absolute atomic E-state index is 13.2. The third-order valence-corrected chi connectivity index (χ3v) is 4.84. The first-order chi connectivity index (χ1) is 8.56. The maximum Gasteiger partial charge on any atom is 0.123 e. The molecule has 2 aliphatic rings. The summed E-state index contributed by atoms with van der Waals surface area (Å²) in [4.78, 5) is 0. The zero-order valence-corrected chi connectivity index (χ0v) is 11.3. The van der Waals surface area contributed by atoms with Crippen LogP contribution in [0.2, 0.25) is 0 Å². The second kappa shape index (κ2) is 4.34. The summed E-state index contributed by atoms with van der Waals surface area (Å²) in [6.45, 7) is 4.72. The van der Waals surface area contributed by atoms with Gasteiger partial charge >= 0.3 is 0 Å². The number of hydrogen-bond acceptors (Lipinski definition) is 1. The SMILES string of the molecule is CC1(C)CCCC1NC1CCc2cc(F)ccc21. The molecule has 2 unspecified atom stereocenters. The molecule has 1 N–H and O–H groups in total. The minimum Gasteiger partial charge on any atom is -0.307 e. The fourth-order valence-electron chi connectivity index (χ4n) is 3.64. The average molecular weight is 247 g/mol. The van der Waals surface area contributed by atoms with Crippen LogP contribution in [0.5, 0.6) is 0 Å². The van der Waals surface area contributed by atoms with Gasteiger partial charge in [-0.2, -0.15) is 0 Å². The molecular weight excluding hydrogens is 225 g/mol. The van der Waals surface area contributed by atoms with Crippen LogP contribution in [0.4, 0.5) is 4.39 Å². The molecule has 1 aromatic rings. The Labute approximate surface area is 109 Å². The summed E-state index contributed by atoms with van der Waals surface area (Å²) in [6.07, 6.45) is 6.05. The molecule has 0 radical (unpaired) electrons. The molecule has 1 aromatic carbocycles. The van der Waals surface area contributed by atoms with E-state index in [2.05, 4.69) is 19.2 Å². The van der Waals surface area contributed by atoms with E-state index in [9.17, 15) is 4.39 Å². The van der Waals surface area contributed by atoms with Gasteiger partial charge in [0.15, 0.2) is 0 Å². The van der Waals surface area contributed by atoms with Crippen LogP contribution in [-0.4, -0.2) is 6.04 Å². The summed E-state index contributed by atoms with van der Waals surface area (Å²) in [5.74, 6) is -0.101. The lowest BCUT2D eigenvalue weighted by Gasteiger charge is -2.31. The van der Waals surface area contributed by atoms with Gasteiger partial charge in [-0.05, 0) is 54.4 Å². The van der Waals surface area contributed by atoms with Crippen molar-refractivity contribution >= 4 is 0 Å². The van der Waals surface area contributed by atoms with Crippen LogP contribution in [0, 0.1) is 11.2 Å². The van der Waals surface area contributed by atoms with E-state index in [1.54, 1.807) is 12.1 Å². The van der Waals surface area contributed by atoms with Crippen molar-refractivity contribution in [1.82, 2.24) is 5.32 Å². The summed E-state index contributed by atoms with van der Waals surface area (Å²) < 4.78 is 13.2. The molecule has 18 heavy (non-hydrogen) atoms. The van der Waals surface area contributed by atoms with Gasteiger partial charge < -0.3 is 5.32 Å². The first-order valence-electron chi connectivity index (χ1n) is 7.11. The third-order valence-electron chi connectivity index (χ3n) is 4.84. The minimum atomic E-state index is -0.101. The monoisotopic (exact) mass is 247 g/mol. The molecule has 2 heteroatoms. The summed E-state index contributed by atoms with van der Waals surface area (Å²) in [7, 11) is 0. The molecule has 2 atom stereocenters. The highest BCUT2D eigenvalue weighted by molar-refractivity contribution is 5.35. The highest BCUT2D eigenvalue weighted by atomic mass is 19.1. The fraction of sp³-hybridized carbons (Fsp3) is 0.625. The minimum absolute atomic E-state index is 0.101. The first kappa shape index (κ1) is 12.2. The summed E-state index contributed by atoms with van der Waals surface area (Å²) in [5, 5.41) is 3.82. The van der Waals surface area contributed by atoms with Gasteiger partial charge in [0, 0.05) is 12.1 Å². The molecule has 1 nitrogen and oxygen atoms in total. The van der Waals surface area contributed by atoms with Crippen LogP contribution in [0.1, 0.15) is 56.7 Å². The first-order valence-corrected chi connectivity index (χ1v) is 7.11. The Bertz CT molecular complexity index is 452. The lowest BCUT2D eigenvalue weighted by molar-refractivity contribution is 0.261. The van der Waals surface area contributed by atoms with E-state index in [4.69, 9.17) is 0 Å². The van der Waals surface area contributed by atoms with Crippen LogP contribution < -0.4 is 5.32 Å². The number of hydrogen-bond donors (Lipinski definition) is 1. The molecule has 0 spiro atoms. The van der Waals surface area contributed by atoms with Crippen LogP contribution in [0.15, 0.2) is 18.2 Å². The molecular formula is C16H22FN. The molecule has 2 aliphatic carbocycles. The van der Waals surface area contributed by atoms with Gasteiger partial charge in [-0.15, -0.1) is 0 Å². The number of rotatable bonds is 2. The normalized spacial score (nSPS) is 29.5. The molecule has 0 saturated heterocycles. The van der Waals surface area contributed by atoms with E-state index < -0.39 is 0 Å². The zero-order chi connectivity index (χ0) is 12.8. The fourth-order valence-corrected chi connectivity index (χ4v) is 3.64. The smallest absolute Gasteiger partial charge is 0.123 e. The van der Waals surface area contributed by atoms with Crippen molar-refractivity contribution < 1.29 is 4.39 Å². The second-order valence-corrected chi connectivity index (χ2v) is 6.53. The maximum atomic E-state index is 13.2. The highest BCUT2D eigenvalue weighted by Gasteiger charge is 2.36. The van der Waals surface area contributed by atoms with Gasteiger partial charge in [-0.25, -0.2) is 4.39 Å². The van der Waals surface area contributed by atoms with Crippen LogP contribution in [0.3, 0.4) is 0 Å². The van der Waals surface area contributed by atoms with Gasteiger partial charge in [0.1, 0.15) is 5.82 Å². The van der Waals surface area contributed by atoms with Crippen molar-refractivity contribution in [2.24, 2.45) is 5.41 Å². The largest absolute Gasteiger partial charge is 0.307 e. The number of nitrogens with one attached hydrogen (secondary N) is 1. The molecule has 0 aliphatic heterocycles. The lowest BCUT2D eigenvalue weighted by Crippen LogP contribution is -2.39. The molecule has 0 heterocycles. The average Bonchev–Trinajstić information content (AvgIpc) is 2.84. The Morgan fingerprint density at radius 3 is 2.83 bits per heavy atom. The highest BCUT2D eigenvalue weighted by Crippen LogP contribution is 2.40. The molecule has 1 fully saturated rings. The second-order valence-electron chi connectivity index (χ2n) is 6.53. The quantitative estimate of drug-likeness (QED) is 0.833. The predicted octanol–water partition coefficient (Wildman–Crippen LogP) is 3.98.